The van der Waals surface area contributed by atoms with Crippen LogP contribution >= 0.6 is 34.4 Å². The van der Waals surface area contributed by atoms with Crippen LogP contribution in [-0.2, 0) is 23.0 Å². The molecule has 30 heavy (non-hydrogen) atoms. The molecule has 2 heterocycles. The second kappa shape index (κ2) is 8.40. The van der Waals surface area contributed by atoms with E-state index in [2.05, 4.69) is 42.3 Å². The lowest BCUT2D eigenvalue weighted by molar-refractivity contribution is 0.0994. The van der Waals surface area contributed by atoms with Crippen LogP contribution in [0.3, 0.4) is 0 Å². The molecule has 12 heteroatoms. The fourth-order valence-corrected chi connectivity index (χ4v) is 5.67. The van der Waals surface area contributed by atoms with Gasteiger partial charge in [-0.05, 0) is 53.6 Å². The maximum absolute atomic E-state index is 12.2. The van der Waals surface area contributed by atoms with Crippen molar-refractivity contribution in [1.29, 1.82) is 0 Å². The van der Waals surface area contributed by atoms with E-state index in [0.717, 1.165) is 26.0 Å². The second-order valence-electron chi connectivity index (χ2n) is 6.74. The highest BCUT2D eigenvalue weighted by molar-refractivity contribution is 14.1. The van der Waals surface area contributed by atoms with Crippen molar-refractivity contribution in [3.8, 4) is 0 Å². The van der Waals surface area contributed by atoms with E-state index in [1.54, 1.807) is 6.92 Å². The van der Waals surface area contributed by atoms with Gasteiger partial charge in [-0.1, -0.05) is 11.8 Å². The lowest BCUT2D eigenvalue weighted by Crippen LogP contribution is -2.28. The van der Waals surface area contributed by atoms with Gasteiger partial charge in [0.15, 0.2) is 27.9 Å². The molecule has 2 aromatic heterocycles. The lowest BCUT2D eigenvalue weighted by Gasteiger charge is -2.11. The highest BCUT2D eigenvalue weighted by Gasteiger charge is 2.23. The number of hydrogen-bond donors (Lipinski definition) is 2. The number of ketones is 1. The smallest absolute Gasteiger partial charge is 0.211 e. The number of nitrogens with one attached hydrogen (secondary N) is 1. The summed E-state index contributed by atoms with van der Waals surface area (Å²) in [6, 6.07) is 3.95. The number of nitrogens with zero attached hydrogens (tertiary/aromatic N) is 4. The Morgan fingerprint density at radius 2 is 2.10 bits per heavy atom. The van der Waals surface area contributed by atoms with Gasteiger partial charge in [0.2, 0.25) is 10.0 Å². The largest absolute Gasteiger partial charge is 0.382 e. The highest BCUT2D eigenvalue weighted by atomic mass is 127. The number of anilines is 1. The molecule has 0 spiro atoms. The first-order valence-electron chi connectivity index (χ1n) is 9.26. The van der Waals surface area contributed by atoms with Crippen molar-refractivity contribution in [3.63, 3.8) is 0 Å². The molecule has 0 atom stereocenters. The number of fused-ring (bicyclic) bond motifs is 2. The van der Waals surface area contributed by atoms with Gasteiger partial charge in [-0.2, -0.15) is 0 Å². The summed E-state index contributed by atoms with van der Waals surface area (Å²) in [6.45, 7) is 2.11. The number of Topliss-reactive ketones (excluding diaryl/α,β-unsaturated/α-hetero) is 1. The van der Waals surface area contributed by atoms with Gasteiger partial charge in [0.1, 0.15) is 6.33 Å². The van der Waals surface area contributed by atoms with Crippen molar-refractivity contribution in [1.82, 2.24) is 24.2 Å². The third-order valence-corrected chi connectivity index (χ3v) is 8.56. The predicted molar refractivity (Wildman–Crippen MR) is 123 cm³/mol. The van der Waals surface area contributed by atoms with Crippen molar-refractivity contribution in [3.05, 3.63) is 33.2 Å². The Bertz CT molecular complexity index is 1260. The molecule has 0 unspecified atom stereocenters. The number of aryl methyl sites for hydroxylation is 1. The van der Waals surface area contributed by atoms with E-state index in [-0.39, 0.29) is 23.9 Å². The molecule has 158 valence electrons. The summed E-state index contributed by atoms with van der Waals surface area (Å²) in [5.74, 6) is 0.421. The molecule has 1 aromatic carbocycles. The molecule has 0 radical (unpaired) electrons. The van der Waals surface area contributed by atoms with Gasteiger partial charge in [-0.15, -0.1) is 0 Å². The number of imidazole rings is 1. The monoisotopic (exact) mass is 558 g/mol. The van der Waals surface area contributed by atoms with Crippen LogP contribution in [0.2, 0.25) is 0 Å². The van der Waals surface area contributed by atoms with Crippen LogP contribution in [0.25, 0.3) is 11.2 Å². The number of benzene rings is 1. The number of halogens is 1. The molecule has 0 amide bonds. The highest BCUT2D eigenvalue weighted by Crippen LogP contribution is 2.36. The minimum Gasteiger partial charge on any atom is -0.382 e. The number of carbonyl (C=O) groups is 1. The molecule has 0 bridgehead atoms. The zero-order valence-corrected chi connectivity index (χ0v) is 19.8. The topological polar surface area (TPSA) is 133 Å². The molecule has 0 saturated carbocycles. The molecule has 0 saturated heterocycles. The Morgan fingerprint density at radius 3 is 2.87 bits per heavy atom. The van der Waals surface area contributed by atoms with Crippen molar-refractivity contribution < 1.29 is 13.2 Å². The number of nitrogens with two attached hydrogens (primary N) is 1. The van der Waals surface area contributed by atoms with E-state index in [4.69, 9.17) is 5.73 Å². The quantitative estimate of drug-likeness (QED) is 0.422. The van der Waals surface area contributed by atoms with Gasteiger partial charge < -0.3 is 10.3 Å². The van der Waals surface area contributed by atoms with Crippen LogP contribution in [0, 0.1) is 3.57 Å². The second-order valence-corrected chi connectivity index (χ2v) is 11.0. The Kier molecular flexibility index (Phi) is 6.01. The van der Waals surface area contributed by atoms with E-state index in [9.17, 15) is 13.2 Å². The van der Waals surface area contributed by atoms with Crippen LogP contribution in [0.1, 0.15) is 29.3 Å². The van der Waals surface area contributed by atoms with Gasteiger partial charge in [0, 0.05) is 33.5 Å². The number of rotatable bonds is 7. The Labute approximate surface area is 191 Å². The van der Waals surface area contributed by atoms with Gasteiger partial charge >= 0.3 is 0 Å². The average Bonchev–Trinajstić information content (AvgIpc) is 3.24. The molecule has 0 fully saturated rings. The summed E-state index contributed by atoms with van der Waals surface area (Å²) in [7, 11) is -3.31. The van der Waals surface area contributed by atoms with E-state index in [0.29, 0.717) is 29.3 Å². The van der Waals surface area contributed by atoms with E-state index < -0.39 is 10.0 Å². The van der Waals surface area contributed by atoms with E-state index >= 15 is 0 Å². The van der Waals surface area contributed by atoms with Crippen LogP contribution in [-0.4, -0.2) is 46.0 Å². The van der Waals surface area contributed by atoms with Crippen molar-refractivity contribution in [2.45, 2.75) is 36.4 Å². The lowest BCUT2D eigenvalue weighted by atomic mass is 10.1. The first kappa shape index (κ1) is 21.5. The first-order chi connectivity index (χ1) is 14.3. The predicted octanol–water partition coefficient (Wildman–Crippen LogP) is 2.23. The third kappa shape index (κ3) is 4.18. The van der Waals surface area contributed by atoms with E-state index in [1.165, 1.54) is 18.1 Å². The Morgan fingerprint density at radius 1 is 1.30 bits per heavy atom. The van der Waals surface area contributed by atoms with Crippen molar-refractivity contribution >= 4 is 67.1 Å². The van der Waals surface area contributed by atoms with Gasteiger partial charge in [-0.25, -0.2) is 28.1 Å². The Balaban J connectivity index is 1.71. The van der Waals surface area contributed by atoms with Gasteiger partial charge in [0.25, 0.3) is 0 Å². The molecule has 1 aliphatic rings. The van der Waals surface area contributed by atoms with Crippen LogP contribution < -0.4 is 10.5 Å². The van der Waals surface area contributed by atoms with Crippen LogP contribution in [0.5, 0.6) is 0 Å². The number of aromatic nitrogens is 4. The summed E-state index contributed by atoms with van der Waals surface area (Å²) in [6.07, 6.45) is 2.68. The third-order valence-electron chi connectivity index (χ3n) is 4.84. The first-order valence-corrected chi connectivity index (χ1v) is 12.8. The van der Waals surface area contributed by atoms with Gasteiger partial charge in [0.05, 0.1) is 5.75 Å². The molecule has 3 aromatic rings. The Hall–Kier alpha value is -1.77. The SMILES string of the molecule is CCS(=O)(=O)NCCn1c(Sc2cc3c(cc2I)CCC3=O)nc2c(N)ncnc21. The van der Waals surface area contributed by atoms with E-state index in [1.807, 2.05) is 16.7 Å². The number of hydrogen-bond acceptors (Lipinski definition) is 8. The number of sulfonamides is 1. The molecule has 9 nitrogen and oxygen atoms in total. The maximum Gasteiger partial charge on any atom is 0.211 e. The van der Waals surface area contributed by atoms with Gasteiger partial charge in [-0.3, -0.25) is 4.79 Å². The van der Waals surface area contributed by atoms with Crippen LogP contribution in [0.15, 0.2) is 28.5 Å². The molecule has 1 aliphatic carbocycles. The fraction of sp³-hybridized carbons (Fsp3) is 0.333. The molecule has 4 rings (SSSR count). The average molecular weight is 558 g/mol. The summed E-state index contributed by atoms with van der Waals surface area (Å²) < 4.78 is 29.0. The number of carbonyl (C=O) groups excluding carboxylic acids is 1. The molecule has 3 N–H and O–H groups in total. The standard InChI is InChI=1S/C18H19IN6O3S2/c1-2-30(27,28)23-5-6-25-17-15(16(20)21-9-22-17)24-18(25)29-14-8-11-10(7-12(14)19)3-4-13(11)26/h7-9,23H,2-6H2,1H3,(H2,20,21,22). The zero-order chi connectivity index (χ0) is 21.5. The molecular formula is C18H19IN6O3S2. The van der Waals surface area contributed by atoms with Crippen molar-refractivity contribution in [2.75, 3.05) is 18.0 Å². The zero-order valence-electron chi connectivity index (χ0n) is 16.1. The summed E-state index contributed by atoms with van der Waals surface area (Å²) in [5, 5.41) is 0.608. The molecule has 0 aliphatic heterocycles. The minimum absolute atomic E-state index is 0.00967. The summed E-state index contributed by atoms with van der Waals surface area (Å²) in [5.41, 5.74) is 8.81. The fourth-order valence-electron chi connectivity index (χ4n) is 3.25. The van der Waals surface area contributed by atoms with Crippen LogP contribution in [0.4, 0.5) is 5.82 Å². The normalized spacial score (nSPS) is 13.9. The maximum atomic E-state index is 12.2. The molecular weight excluding hydrogens is 539 g/mol. The summed E-state index contributed by atoms with van der Waals surface area (Å²) in [4.78, 5) is 26.0. The minimum atomic E-state index is -3.31. The number of nitrogen functional groups attached to an aromatic ring is 1. The summed E-state index contributed by atoms with van der Waals surface area (Å²) >= 11 is 3.65. The van der Waals surface area contributed by atoms with Crippen molar-refractivity contribution in [2.24, 2.45) is 0 Å².